The minimum absolute atomic E-state index is 1.26. The molecule has 0 bridgehead atoms. The summed E-state index contributed by atoms with van der Waals surface area (Å²) in [6.07, 6.45) is 17.4. The second-order valence-electron chi connectivity index (χ2n) is 5.48. The fourth-order valence-electron chi connectivity index (χ4n) is 2.42. The van der Waals surface area contributed by atoms with Crippen molar-refractivity contribution < 1.29 is 0 Å². The van der Waals surface area contributed by atoms with E-state index in [-0.39, 0.29) is 0 Å². The van der Waals surface area contributed by atoms with Crippen molar-refractivity contribution in [3.05, 3.63) is 28.5 Å². The first-order valence-corrected chi connectivity index (χ1v) is 8.94. The smallest absolute Gasteiger partial charge is 0.00513 e. The zero-order chi connectivity index (χ0) is 13.8. The van der Waals surface area contributed by atoms with Gasteiger partial charge in [0, 0.05) is 4.88 Å². The SMILES string of the molecule is C=Cc1csc(CCCCCCCCCCCC)c1. The molecule has 0 aliphatic rings. The molecule has 19 heavy (non-hydrogen) atoms. The van der Waals surface area contributed by atoms with Crippen molar-refractivity contribution >= 4 is 17.4 Å². The van der Waals surface area contributed by atoms with Crippen molar-refractivity contribution in [1.82, 2.24) is 0 Å². The molecule has 0 aliphatic carbocycles. The van der Waals surface area contributed by atoms with Crippen LogP contribution in [0.15, 0.2) is 18.0 Å². The molecule has 0 saturated carbocycles. The van der Waals surface area contributed by atoms with E-state index in [0.29, 0.717) is 0 Å². The third-order valence-corrected chi connectivity index (χ3v) is 4.70. The summed E-state index contributed by atoms with van der Waals surface area (Å²) in [5, 5.41) is 2.21. The van der Waals surface area contributed by atoms with Crippen LogP contribution in [-0.4, -0.2) is 0 Å². The Morgan fingerprint density at radius 3 is 2.05 bits per heavy atom. The topological polar surface area (TPSA) is 0 Å². The second-order valence-corrected chi connectivity index (χ2v) is 6.48. The normalized spacial score (nSPS) is 10.8. The average Bonchev–Trinajstić information content (AvgIpc) is 2.89. The van der Waals surface area contributed by atoms with Crippen LogP contribution in [0.3, 0.4) is 0 Å². The van der Waals surface area contributed by atoms with Crippen molar-refractivity contribution in [1.29, 1.82) is 0 Å². The van der Waals surface area contributed by atoms with E-state index in [1.54, 1.807) is 0 Å². The van der Waals surface area contributed by atoms with Crippen molar-refractivity contribution in [2.75, 3.05) is 0 Å². The molecular formula is C18H30S. The Bertz CT molecular complexity index is 324. The Morgan fingerprint density at radius 2 is 1.53 bits per heavy atom. The molecule has 0 nitrogen and oxygen atoms in total. The average molecular weight is 279 g/mol. The molecular weight excluding hydrogens is 248 g/mol. The highest BCUT2D eigenvalue weighted by molar-refractivity contribution is 7.10. The molecule has 1 aromatic rings. The highest BCUT2D eigenvalue weighted by Gasteiger charge is 1.98. The molecule has 1 heterocycles. The predicted octanol–water partition coefficient (Wildman–Crippen LogP) is 6.85. The van der Waals surface area contributed by atoms with E-state index in [0.717, 1.165) is 0 Å². The van der Waals surface area contributed by atoms with Gasteiger partial charge in [-0.1, -0.05) is 77.4 Å². The summed E-state index contributed by atoms with van der Waals surface area (Å²) in [6, 6.07) is 2.28. The van der Waals surface area contributed by atoms with Gasteiger partial charge in [0.1, 0.15) is 0 Å². The van der Waals surface area contributed by atoms with Crippen LogP contribution < -0.4 is 0 Å². The van der Waals surface area contributed by atoms with Crippen LogP contribution in [-0.2, 0) is 6.42 Å². The fraction of sp³-hybridized carbons (Fsp3) is 0.667. The van der Waals surface area contributed by atoms with Crippen LogP contribution in [0.4, 0.5) is 0 Å². The summed E-state index contributed by atoms with van der Waals surface area (Å²) < 4.78 is 0. The molecule has 0 aromatic carbocycles. The quantitative estimate of drug-likeness (QED) is 0.366. The molecule has 0 aliphatic heterocycles. The summed E-state index contributed by atoms with van der Waals surface area (Å²) in [5.74, 6) is 0. The van der Waals surface area contributed by atoms with Gasteiger partial charge in [0.05, 0.1) is 0 Å². The lowest BCUT2D eigenvalue weighted by atomic mass is 10.1. The standard InChI is InChI=1S/C18H30S/c1-3-5-6-7-8-9-10-11-12-13-14-18-15-17(4-2)16-19-18/h4,15-16H,2-3,5-14H2,1H3. The highest BCUT2D eigenvalue weighted by Crippen LogP contribution is 2.19. The van der Waals surface area contributed by atoms with Crippen molar-refractivity contribution in [3.63, 3.8) is 0 Å². The maximum Gasteiger partial charge on any atom is 0.00513 e. The monoisotopic (exact) mass is 278 g/mol. The van der Waals surface area contributed by atoms with Gasteiger partial charge >= 0.3 is 0 Å². The van der Waals surface area contributed by atoms with Gasteiger partial charge < -0.3 is 0 Å². The van der Waals surface area contributed by atoms with E-state index in [2.05, 4.69) is 24.9 Å². The molecule has 0 radical (unpaired) electrons. The largest absolute Gasteiger partial charge is 0.148 e. The van der Waals surface area contributed by atoms with Gasteiger partial charge in [-0.15, -0.1) is 11.3 Å². The maximum absolute atomic E-state index is 3.81. The number of hydrogen-bond acceptors (Lipinski definition) is 1. The van der Waals surface area contributed by atoms with E-state index in [4.69, 9.17) is 0 Å². The van der Waals surface area contributed by atoms with Crippen LogP contribution in [0, 0.1) is 0 Å². The van der Waals surface area contributed by atoms with Crippen LogP contribution in [0.25, 0.3) is 6.08 Å². The first kappa shape index (κ1) is 16.5. The number of hydrogen-bond donors (Lipinski definition) is 0. The van der Waals surface area contributed by atoms with E-state index < -0.39 is 0 Å². The Hall–Kier alpha value is -0.560. The number of thiophene rings is 1. The Labute approximate surface area is 123 Å². The van der Waals surface area contributed by atoms with Gasteiger partial charge in [0.2, 0.25) is 0 Å². The molecule has 1 aromatic heterocycles. The summed E-state index contributed by atoms with van der Waals surface area (Å²) in [5.41, 5.74) is 1.28. The summed E-state index contributed by atoms with van der Waals surface area (Å²) in [7, 11) is 0. The predicted molar refractivity (Wildman–Crippen MR) is 90.0 cm³/mol. The van der Waals surface area contributed by atoms with E-state index in [1.807, 2.05) is 17.4 Å². The molecule has 0 spiro atoms. The lowest BCUT2D eigenvalue weighted by Crippen LogP contribution is -1.84. The number of aryl methyl sites for hydroxylation is 1. The van der Waals surface area contributed by atoms with Crippen molar-refractivity contribution in [2.24, 2.45) is 0 Å². The van der Waals surface area contributed by atoms with Crippen LogP contribution in [0.1, 0.15) is 81.6 Å². The van der Waals surface area contributed by atoms with Gasteiger partial charge in [0.15, 0.2) is 0 Å². The third kappa shape index (κ3) is 8.26. The fourth-order valence-corrected chi connectivity index (χ4v) is 3.34. The minimum atomic E-state index is 1.26. The highest BCUT2D eigenvalue weighted by atomic mass is 32.1. The Kier molecular flexibility index (Phi) is 9.79. The number of unbranched alkanes of at least 4 members (excludes halogenated alkanes) is 9. The second kappa shape index (κ2) is 11.3. The molecule has 0 unspecified atom stereocenters. The van der Waals surface area contributed by atoms with E-state index >= 15 is 0 Å². The van der Waals surface area contributed by atoms with Crippen molar-refractivity contribution in [2.45, 2.75) is 77.6 Å². The van der Waals surface area contributed by atoms with Gasteiger partial charge in [-0.3, -0.25) is 0 Å². The zero-order valence-corrected chi connectivity index (χ0v) is 13.4. The van der Waals surface area contributed by atoms with E-state index in [9.17, 15) is 0 Å². The molecule has 1 rings (SSSR count). The molecule has 1 heteroatoms. The summed E-state index contributed by atoms with van der Waals surface area (Å²) in [6.45, 7) is 6.09. The Morgan fingerprint density at radius 1 is 0.947 bits per heavy atom. The first-order chi connectivity index (χ1) is 9.36. The van der Waals surface area contributed by atoms with Gasteiger partial charge in [-0.2, -0.15) is 0 Å². The lowest BCUT2D eigenvalue weighted by Gasteiger charge is -2.01. The summed E-state index contributed by atoms with van der Waals surface area (Å²) >= 11 is 1.88. The van der Waals surface area contributed by atoms with Gasteiger partial charge in [-0.25, -0.2) is 0 Å². The summed E-state index contributed by atoms with van der Waals surface area (Å²) in [4.78, 5) is 1.52. The maximum atomic E-state index is 3.81. The first-order valence-electron chi connectivity index (χ1n) is 8.06. The molecule has 108 valence electrons. The zero-order valence-electron chi connectivity index (χ0n) is 12.6. The Balaban J connectivity index is 1.87. The molecule has 0 fully saturated rings. The minimum Gasteiger partial charge on any atom is -0.148 e. The van der Waals surface area contributed by atoms with E-state index in [1.165, 1.54) is 81.1 Å². The number of rotatable bonds is 12. The molecule has 0 saturated heterocycles. The van der Waals surface area contributed by atoms with Crippen LogP contribution in [0.2, 0.25) is 0 Å². The third-order valence-electron chi connectivity index (χ3n) is 3.69. The lowest BCUT2D eigenvalue weighted by molar-refractivity contribution is 0.557. The molecule has 0 atom stereocenters. The van der Waals surface area contributed by atoms with Gasteiger partial charge in [-0.05, 0) is 29.9 Å². The van der Waals surface area contributed by atoms with Crippen LogP contribution >= 0.6 is 11.3 Å². The van der Waals surface area contributed by atoms with Crippen LogP contribution in [0.5, 0.6) is 0 Å². The molecule has 0 amide bonds. The van der Waals surface area contributed by atoms with Crippen molar-refractivity contribution in [3.8, 4) is 0 Å². The van der Waals surface area contributed by atoms with Gasteiger partial charge in [0.25, 0.3) is 0 Å². The molecule has 0 N–H and O–H groups in total.